The molecule has 0 aromatic heterocycles. The number of ether oxygens (including phenoxy) is 4. The molecule has 1 amide bonds. The molecule has 0 aromatic carbocycles. The highest BCUT2D eigenvalue weighted by Crippen LogP contribution is 2.52. The highest BCUT2D eigenvalue weighted by Gasteiger charge is 2.30. The Morgan fingerprint density at radius 1 is 0.889 bits per heavy atom. The Bertz CT molecular complexity index is 779. The van der Waals surface area contributed by atoms with Gasteiger partial charge >= 0.3 is 12.3 Å². The Balaban J connectivity index is 2.66. The van der Waals surface area contributed by atoms with Gasteiger partial charge in [0.15, 0.2) is 11.5 Å². The average Bonchev–Trinajstić information content (AvgIpc) is 2.72. The number of anilines is 1. The Labute approximate surface area is 164 Å². The van der Waals surface area contributed by atoms with E-state index in [-0.39, 0.29) is 30.4 Å². The maximum atomic E-state index is 11.9. The third-order valence-corrected chi connectivity index (χ3v) is 3.78. The van der Waals surface area contributed by atoms with Gasteiger partial charge in [-0.1, -0.05) is 15.9 Å². The van der Waals surface area contributed by atoms with E-state index >= 15 is 0 Å². The number of nitrogens with one attached hydrogen (secondary N) is 1. The van der Waals surface area contributed by atoms with Crippen LogP contribution in [0.25, 0.3) is 11.1 Å². The van der Waals surface area contributed by atoms with Crippen molar-refractivity contribution in [3.63, 3.8) is 0 Å². The van der Waals surface area contributed by atoms with Gasteiger partial charge in [0, 0.05) is 22.5 Å². The summed E-state index contributed by atoms with van der Waals surface area (Å²) in [6.07, 6.45) is -1.91. The van der Waals surface area contributed by atoms with Crippen molar-refractivity contribution in [3.8, 4) is 22.6 Å². The van der Waals surface area contributed by atoms with Crippen molar-refractivity contribution >= 4 is 39.8 Å². The van der Waals surface area contributed by atoms with Crippen LogP contribution in [-0.2, 0) is 14.3 Å². The van der Waals surface area contributed by atoms with Crippen molar-refractivity contribution in [1.29, 1.82) is 0 Å². The minimum absolute atomic E-state index is 0.000971. The lowest BCUT2D eigenvalue weighted by atomic mass is 10.2. The third-order valence-electron chi connectivity index (χ3n) is 3.25. The first kappa shape index (κ1) is 20.5. The monoisotopic (exact) mass is 439 g/mol. The number of halogens is 1. The molecule has 0 bridgehead atoms. The average molecular weight is 440 g/mol. The summed E-state index contributed by atoms with van der Waals surface area (Å²) in [5.41, 5.74) is 0.884. The van der Waals surface area contributed by atoms with Crippen LogP contribution in [0, 0.1) is 0 Å². The van der Waals surface area contributed by atoms with Crippen molar-refractivity contribution in [2.45, 2.75) is 20.8 Å². The van der Waals surface area contributed by atoms with Crippen molar-refractivity contribution < 1.29 is 33.3 Å². The van der Waals surface area contributed by atoms with Crippen LogP contribution in [0.1, 0.15) is 20.8 Å². The molecule has 9 heteroatoms. The number of rotatable bonds is 5. The highest BCUT2D eigenvalue weighted by molar-refractivity contribution is 9.10. The summed E-state index contributed by atoms with van der Waals surface area (Å²) in [5.74, 6) is -0.444. The van der Waals surface area contributed by atoms with Crippen molar-refractivity contribution in [3.05, 3.63) is 28.7 Å². The van der Waals surface area contributed by atoms with E-state index in [9.17, 15) is 14.4 Å². The van der Waals surface area contributed by atoms with E-state index in [1.807, 2.05) is 0 Å². The highest BCUT2D eigenvalue weighted by atomic mass is 79.9. The van der Waals surface area contributed by atoms with Gasteiger partial charge in [-0.15, -0.1) is 0 Å². The molecule has 0 fully saturated rings. The van der Waals surface area contributed by atoms with E-state index in [1.54, 1.807) is 38.1 Å². The SMILES string of the molecule is CCOC(=O)Oc1c2ccc(Br)ccc-2c(OC(=O)OCC)c1NC(C)=O. The molecule has 0 saturated heterocycles. The van der Waals surface area contributed by atoms with Crippen molar-refractivity contribution in [1.82, 2.24) is 0 Å². The minimum atomic E-state index is -0.954. The van der Waals surface area contributed by atoms with Crippen LogP contribution in [0.15, 0.2) is 28.7 Å². The Morgan fingerprint density at radius 3 is 1.70 bits per heavy atom. The molecule has 0 heterocycles. The normalized spacial score (nSPS) is 10.2. The summed E-state index contributed by atoms with van der Waals surface area (Å²) < 4.78 is 20.9. The van der Waals surface area contributed by atoms with E-state index < -0.39 is 18.2 Å². The number of amides is 1. The van der Waals surface area contributed by atoms with Crippen molar-refractivity contribution in [2.75, 3.05) is 18.5 Å². The van der Waals surface area contributed by atoms with E-state index in [2.05, 4.69) is 21.2 Å². The first-order valence-corrected chi connectivity index (χ1v) is 8.88. The van der Waals surface area contributed by atoms with Gasteiger partial charge in [-0.3, -0.25) is 4.79 Å². The summed E-state index contributed by atoms with van der Waals surface area (Å²) in [6.45, 7) is 4.75. The van der Waals surface area contributed by atoms with Crippen LogP contribution in [0.3, 0.4) is 0 Å². The zero-order valence-electron chi connectivity index (χ0n) is 15.0. The molecule has 0 aliphatic heterocycles. The number of carbonyl (C=O) groups excluding carboxylic acids is 3. The summed E-state index contributed by atoms with van der Waals surface area (Å²) in [7, 11) is 0. The van der Waals surface area contributed by atoms with E-state index in [1.165, 1.54) is 6.92 Å². The fourth-order valence-electron chi connectivity index (χ4n) is 2.29. The second kappa shape index (κ2) is 9.22. The summed E-state index contributed by atoms with van der Waals surface area (Å²) in [4.78, 5) is 35.4. The molecule has 1 N–H and O–H groups in total. The molecule has 144 valence electrons. The first-order chi connectivity index (χ1) is 12.9. The Hall–Kier alpha value is -2.81. The molecule has 0 spiro atoms. The van der Waals surface area contributed by atoms with Gasteiger partial charge in [0.05, 0.1) is 13.2 Å². The summed E-state index contributed by atoms with van der Waals surface area (Å²) >= 11 is 3.35. The second-order valence-corrected chi connectivity index (χ2v) is 6.08. The number of hydrogen-bond donors (Lipinski definition) is 1. The number of fused-ring (bicyclic) bond motifs is 1. The molecular formula is C18H18BrNO7. The maximum Gasteiger partial charge on any atom is 0.513 e. The summed E-state index contributed by atoms with van der Waals surface area (Å²) in [5, 5.41) is 2.54. The molecule has 2 aliphatic carbocycles. The van der Waals surface area contributed by atoms with Gasteiger partial charge in [-0.05, 0) is 38.1 Å². The van der Waals surface area contributed by atoms with Gasteiger partial charge in [0.25, 0.3) is 0 Å². The lowest BCUT2D eigenvalue weighted by Gasteiger charge is -2.09. The van der Waals surface area contributed by atoms with Crippen molar-refractivity contribution in [2.24, 2.45) is 0 Å². The molecule has 0 radical (unpaired) electrons. The third kappa shape index (κ3) is 5.10. The summed E-state index contributed by atoms with van der Waals surface area (Å²) in [6, 6.07) is 6.73. The minimum Gasteiger partial charge on any atom is -0.434 e. The van der Waals surface area contributed by atoms with Crippen LogP contribution in [0.2, 0.25) is 0 Å². The molecule has 8 nitrogen and oxygen atoms in total. The van der Waals surface area contributed by atoms with Crippen LogP contribution in [-0.4, -0.2) is 31.4 Å². The van der Waals surface area contributed by atoms with Crippen LogP contribution < -0.4 is 14.8 Å². The van der Waals surface area contributed by atoms with E-state index in [0.717, 1.165) is 4.47 Å². The van der Waals surface area contributed by atoms with E-state index in [0.29, 0.717) is 11.1 Å². The van der Waals surface area contributed by atoms with Crippen LogP contribution in [0.5, 0.6) is 11.5 Å². The molecule has 0 unspecified atom stereocenters. The number of hydrogen-bond acceptors (Lipinski definition) is 7. The molecule has 0 atom stereocenters. The smallest absolute Gasteiger partial charge is 0.434 e. The Kier molecular flexibility index (Phi) is 7.00. The lowest BCUT2D eigenvalue weighted by molar-refractivity contribution is -0.114. The molecule has 2 rings (SSSR count). The largest absolute Gasteiger partial charge is 0.513 e. The molecule has 2 aliphatic rings. The maximum absolute atomic E-state index is 11.9. The lowest BCUT2D eigenvalue weighted by Crippen LogP contribution is -2.14. The molecular weight excluding hydrogens is 422 g/mol. The van der Waals surface area contributed by atoms with Gasteiger partial charge in [0.2, 0.25) is 5.91 Å². The van der Waals surface area contributed by atoms with Gasteiger partial charge < -0.3 is 24.3 Å². The first-order valence-electron chi connectivity index (χ1n) is 8.09. The van der Waals surface area contributed by atoms with Gasteiger partial charge in [0.1, 0.15) is 5.69 Å². The zero-order chi connectivity index (χ0) is 20.0. The molecule has 27 heavy (non-hydrogen) atoms. The topological polar surface area (TPSA) is 100 Å². The van der Waals surface area contributed by atoms with E-state index in [4.69, 9.17) is 18.9 Å². The predicted octanol–water partition coefficient (Wildman–Crippen LogP) is 4.58. The fraction of sp³-hybridized carbons (Fsp3) is 0.278. The molecule has 0 saturated carbocycles. The second-order valence-electron chi connectivity index (χ2n) is 5.16. The van der Waals surface area contributed by atoms with Crippen LogP contribution >= 0.6 is 15.9 Å². The molecule has 0 aromatic rings. The predicted molar refractivity (Wildman–Crippen MR) is 100 cm³/mol. The van der Waals surface area contributed by atoms with Gasteiger partial charge in [-0.2, -0.15) is 0 Å². The Morgan fingerprint density at radius 2 is 1.33 bits per heavy atom. The van der Waals surface area contributed by atoms with Gasteiger partial charge in [-0.25, -0.2) is 9.59 Å². The quantitative estimate of drug-likeness (QED) is 0.680. The number of carbonyl (C=O) groups is 3. The van der Waals surface area contributed by atoms with Crippen LogP contribution in [0.4, 0.5) is 15.3 Å². The standard InChI is InChI=1S/C18H18BrNO7/c1-4-24-17(22)26-15-12-8-6-11(19)7-9-13(12)16(14(15)20-10(3)21)27-18(23)25-5-2/h6-9H,4-5H2,1-3H3,(H,20,21). The fourth-order valence-corrected chi connectivity index (χ4v) is 2.56. The zero-order valence-corrected chi connectivity index (χ0v) is 16.5.